The molecule has 0 spiro atoms. The van der Waals surface area contributed by atoms with Gasteiger partial charge in [0.25, 0.3) is 0 Å². The highest BCUT2D eigenvalue weighted by Gasteiger charge is 2.30. The lowest BCUT2D eigenvalue weighted by Crippen LogP contribution is -2.44. The van der Waals surface area contributed by atoms with Gasteiger partial charge in [0.1, 0.15) is 6.04 Å². The summed E-state index contributed by atoms with van der Waals surface area (Å²) in [6, 6.07) is 7.06. The number of carbonyl (C=O) groups excluding carboxylic acids is 1. The summed E-state index contributed by atoms with van der Waals surface area (Å²) in [7, 11) is 0. The molecule has 0 aromatic heterocycles. The van der Waals surface area contributed by atoms with Crippen molar-refractivity contribution in [2.75, 3.05) is 5.75 Å². The molecule has 2 unspecified atom stereocenters. The maximum Gasteiger partial charge on any atom is 0.326 e. The molecule has 2 atom stereocenters. The first-order chi connectivity index (χ1) is 9.99. The first-order valence-corrected chi connectivity index (χ1v) is 8.22. The monoisotopic (exact) mass is 307 g/mol. The number of benzene rings is 1. The van der Waals surface area contributed by atoms with Gasteiger partial charge in [-0.25, -0.2) is 4.79 Å². The van der Waals surface area contributed by atoms with Crippen LogP contribution in [-0.2, 0) is 9.59 Å². The van der Waals surface area contributed by atoms with Crippen molar-refractivity contribution in [1.29, 1.82) is 0 Å². The first kappa shape index (κ1) is 15.9. The maximum absolute atomic E-state index is 12.5. The van der Waals surface area contributed by atoms with Crippen LogP contribution in [0, 0.1) is 5.92 Å². The number of rotatable bonds is 5. The standard InChI is InChI=1S/C16H21NO3S/c1-10(2)9-13(16(19)20)17-15(18)12-7-8-21-14-6-4-3-5-11(12)14/h3-6,10,12-13H,7-9H2,1-2H3,(H,17,18)(H,19,20). The number of carboxylic acids is 1. The number of fused-ring (bicyclic) bond motifs is 1. The molecule has 0 fully saturated rings. The van der Waals surface area contributed by atoms with Crippen LogP contribution < -0.4 is 5.32 Å². The quantitative estimate of drug-likeness (QED) is 0.878. The fraction of sp³-hybridized carbons (Fsp3) is 0.500. The fourth-order valence-electron chi connectivity index (χ4n) is 2.58. The second kappa shape index (κ2) is 6.98. The highest BCUT2D eigenvalue weighted by Crippen LogP contribution is 2.37. The molecule has 114 valence electrons. The molecule has 1 aromatic carbocycles. The lowest BCUT2D eigenvalue weighted by Gasteiger charge is -2.26. The minimum absolute atomic E-state index is 0.171. The summed E-state index contributed by atoms with van der Waals surface area (Å²) in [5.74, 6) is -0.264. The summed E-state index contributed by atoms with van der Waals surface area (Å²) < 4.78 is 0. The predicted molar refractivity (Wildman–Crippen MR) is 83.5 cm³/mol. The summed E-state index contributed by atoms with van der Waals surface area (Å²) >= 11 is 1.75. The Morgan fingerprint density at radius 2 is 2.10 bits per heavy atom. The topological polar surface area (TPSA) is 66.4 Å². The number of nitrogens with one attached hydrogen (secondary N) is 1. The van der Waals surface area contributed by atoms with Crippen LogP contribution in [0.5, 0.6) is 0 Å². The van der Waals surface area contributed by atoms with E-state index >= 15 is 0 Å². The molecule has 1 aromatic rings. The third kappa shape index (κ3) is 4.00. The van der Waals surface area contributed by atoms with E-state index in [1.807, 2.05) is 38.1 Å². The normalized spacial score (nSPS) is 18.9. The van der Waals surface area contributed by atoms with E-state index in [4.69, 9.17) is 0 Å². The Labute approximate surface area is 129 Å². The zero-order chi connectivity index (χ0) is 15.4. The Balaban J connectivity index is 2.12. The third-order valence-corrected chi connectivity index (χ3v) is 4.72. The Bertz CT molecular complexity index is 530. The summed E-state index contributed by atoms with van der Waals surface area (Å²) in [6.45, 7) is 3.91. The Morgan fingerprint density at radius 3 is 2.76 bits per heavy atom. The van der Waals surface area contributed by atoms with E-state index in [-0.39, 0.29) is 17.7 Å². The van der Waals surface area contributed by atoms with Crippen LogP contribution in [0.4, 0.5) is 0 Å². The van der Waals surface area contributed by atoms with Gasteiger partial charge >= 0.3 is 5.97 Å². The zero-order valence-corrected chi connectivity index (χ0v) is 13.2. The van der Waals surface area contributed by atoms with E-state index in [1.54, 1.807) is 11.8 Å². The van der Waals surface area contributed by atoms with Crippen LogP contribution in [0.3, 0.4) is 0 Å². The second-order valence-corrected chi connectivity index (χ2v) is 6.89. The Morgan fingerprint density at radius 1 is 1.38 bits per heavy atom. The predicted octanol–water partition coefficient (Wildman–Crippen LogP) is 2.88. The van der Waals surface area contributed by atoms with Crippen LogP contribution in [0.2, 0.25) is 0 Å². The number of amides is 1. The van der Waals surface area contributed by atoms with Crippen LogP contribution in [0.1, 0.15) is 38.2 Å². The van der Waals surface area contributed by atoms with E-state index in [0.717, 1.165) is 22.6 Å². The van der Waals surface area contributed by atoms with Gasteiger partial charge < -0.3 is 10.4 Å². The van der Waals surface area contributed by atoms with E-state index in [9.17, 15) is 14.7 Å². The van der Waals surface area contributed by atoms with Gasteiger partial charge in [0, 0.05) is 4.90 Å². The lowest BCUT2D eigenvalue weighted by molar-refractivity contribution is -0.142. The minimum atomic E-state index is -0.962. The molecule has 1 heterocycles. The van der Waals surface area contributed by atoms with Crippen molar-refractivity contribution in [3.63, 3.8) is 0 Å². The molecule has 0 saturated carbocycles. The molecular weight excluding hydrogens is 286 g/mol. The van der Waals surface area contributed by atoms with E-state index in [1.165, 1.54) is 0 Å². The molecule has 2 N–H and O–H groups in total. The zero-order valence-electron chi connectivity index (χ0n) is 12.3. The highest BCUT2D eigenvalue weighted by atomic mass is 32.2. The minimum Gasteiger partial charge on any atom is -0.480 e. The van der Waals surface area contributed by atoms with Crippen molar-refractivity contribution >= 4 is 23.6 Å². The summed E-state index contributed by atoms with van der Waals surface area (Å²) in [4.78, 5) is 24.9. The summed E-state index contributed by atoms with van der Waals surface area (Å²) in [6.07, 6.45) is 1.20. The molecule has 1 aliphatic rings. The summed E-state index contributed by atoms with van der Waals surface area (Å²) in [5, 5.41) is 12.0. The van der Waals surface area contributed by atoms with Crippen LogP contribution in [0.25, 0.3) is 0 Å². The molecule has 0 aliphatic carbocycles. The third-order valence-electron chi connectivity index (χ3n) is 3.60. The van der Waals surface area contributed by atoms with Gasteiger partial charge in [-0.15, -0.1) is 11.8 Å². The number of thioether (sulfide) groups is 1. The fourth-order valence-corrected chi connectivity index (χ4v) is 3.70. The number of aliphatic carboxylic acids is 1. The van der Waals surface area contributed by atoms with Gasteiger partial charge in [-0.05, 0) is 36.1 Å². The van der Waals surface area contributed by atoms with Crippen molar-refractivity contribution in [2.45, 2.75) is 43.5 Å². The SMILES string of the molecule is CC(C)CC(NC(=O)C1CCSc2ccccc21)C(=O)O. The number of carbonyl (C=O) groups is 2. The molecular formula is C16H21NO3S. The molecule has 2 rings (SSSR count). The van der Waals surface area contributed by atoms with Crippen LogP contribution in [0.15, 0.2) is 29.2 Å². The highest BCUT2D eigenvalue weighted by molar-refractivity contribution is 7.99. The largest absolute Gasteiger partial charge is 0.480 e. The molecule has 0 bridgehead atoms. The van der Waals surface area contributed by atoms with Crippen molar-refractivity contribution in [3.05, 3.63) is 29.8 Å². The van der Waals surface area contributed by atoms with Crippen molar-refractivity contribution in [1.82, 2.24) is 5.32 Å². The number of hydrogen-bond acceptors (Lipinski definition) is 3. The van der Waals surface area contributed by atoms with Crippen molar-refractivity contribution in [3.8, 4) is 0 Å². The van der Waals surface area contributed by atoms with Crippen LogP contribution in [-0.4, -0.2) is 28.8 Å². The van der Waals surface area contributed by atoms with Gasteiger partial charge in [-0.3, -0.25) is 4.79 Å². The second-order valence-electron chi connectivity index (χ2n) is 5.76. The molecule has 5 heteroatoms. The molecule has 1 amide bonds. The Hall–Kier alpha value is -1.49. The van der Waals surface area contributed by atoms with Crippen LogP contribution >= 0.6 is 11.8 Å². The van der Waals surface area contributed by atoms with Gasteiger partial charge in [0.05, 0.1) is 5.92 Å². The van der Waals surface area contributed by atoms with E-state index in [0.29, 0.717) is 6.42 Å². The number of carboxylic acid groups (broad SMARTS) is 1. The van der Waals surface area contributed by atoms with Crippen molar-refractivity contribution < 1.29 is 14.7 Å². The average Bonchev–Trinajstić information content (AvgIpc) is 2.45. The van der Waals surface area contributed by atoms with Gasteiger partial charge in [0.15, 0.2) is 0 Å². The van der Waals surface area contributed by atoms with E-state index in [2.05, 4.69) is 5.32 Å². The maximum atomic E-state index is 12.5. The van der Waals surface area contributed by atoms with E-state index < -0.39 is 12.0 Å². The average molecular weight is 307 g/mol. The summed E-state index contributed by atoms with van der Waals surface area (Å²) in [5.41, 5.74) is 1.01. The molecule has 21 heavy (non-hydrogen) atoms. The molecule has 1 aliphatic heterocycles. The van der Waals surface area contributed by atoms with Gasteiger partial charge in [0.2, 0.25) is 5.91 Å². The molecule has 4 nitrogen and oxygen atoms in total. The number of hydrogen-bond donors (Lipinski definition) is 2. The molecule has 0 saturated heterocycles. The van der Waals surface area contributed by atoms with Gasteiger partial charge in [-0.1, -0.05) is 32.0 Å². The Kier molecular flexibility index (Phi) is 5.28. The van der Waals surface area contributed by atoms with Gasteiger partial charge in [-0.2, -0.15) is 0 Å². The lowest BCUT2D eigenvalue weighted by atomic mass is 9.94. The van der Waals surface area contributed by atoms with Crippen molar-refractivity contribution in [2.24, 2.45) is 5.92 Å². The molecule has 0 radical (unpaired) electrons. The first-order valence-electron chi connectivity index (χ1n) is 7.24. The smallest absolute Gasteiger partial charge is 0.326 e.